The highest BCUT2D eigenvalue weighted by Crippen LogP contribution is 2.25. The maximum Gasteiger partial charge on any atom is 0.261 e. The highest BCUT2D eigenvalue weighted by atomic mass is 79.9. The van der Waals surface area contributed by atoms with Crippen LogP contribution in [0.5, 0.6) is 0 Å². The molecule has 0 bridgehead atoms. The predicted molar refractivity (Wildman–Crippen MR) is 93.4 cm³/mol. The minimum atomic E-state index is -3.70. The van der Waals surface area contributed by atoms with Crippen LogP contribution in [0, 0.1) is 0 Å². The molecule has 0 aromatic heterocycles. The number of anilines is 2. The van der Waals surface area contributed by atoms with Crippen molar-refractivity contribution in [3.63, 3.8) is 0 Å². The molecular formula is C14H12Br2N2O3S. The Morgan fingerprint density at radius 2 is 1.50 bits per heavy atom. The van der Waals surface area contributed by atoms with Crippen molar-refractivity contribution in [2.45, 2.75) is 11.8 Å². The van der Waals surface area contributed by atoms with Gasteiger partial charge >= 0.3 is 0 Å². The van der Waals surface area contributed by atoms with E-state index in [4.69, 9.17) is 0 Å². The van der Waals surface area contributed by atoms with Crippen molar-refractivity contribution in [3.8, 4) is 0 Å². The molecule has 0 radical (unpaired) electrons. The Morgan fingerprint density at radius 1 is 0.955 bits per heavy atom. The van der Waals surface area contributed by atoms with Crippen molar-refractivity contribution in [1.29, 1.82) is 0 Å². The minimum Gasteiger partial charge on any atom is -0.326 e. The summed E-state index contributed by atoms with van der Waals surface area (Å²) in [5.74, 6) is -0.215. The Kier molecular flexibility index (Phi) is 5.25. The molecule has 0 aliphatic heterocycles. The van der Waals surface area contributed by atoms with Gasteiger partial charge in [-0.2, -0.15) is 0 Å². The summed E-state index contributed by atoms with van der Waals surface area (Å²) in [7, 11) is -3.70. The lowest BCUT2D eigenvalue weighted by atomic mass is 10.3. The van der Waals surface area contributed by atoms with Crippen LogP contribution in [0.15, 0.2) is 56.3 Å². The summed E-state index contributed by atoms with van der Waals surface area (Å²) in [6.07, 6.45) is 0. The van der Waals surface area contributed by atoms with E-state index in [1.165, 1.54) is 31.2 Å². The van der Waals surface area contributed by atoms with Crippen LogP contribution in [0.3, 0.4) is 0 Å². The molecule has 0 fully saturated rings. The Bertz CT molecular complexity index is 785. The molecule has 0 aliphatic rings. The number of amides is 1. The number of hydrogen-bond donors (Lipinski definition) is 2. The van der Waals surface area contributed by atoms with Gasteiger partial charge in [0.15, 0.2) is 0 Å². The smallest absolute Gasteiger partial charge is 0.261 e. The van der Waals surface area contributed by atoms with Gasteiger partial charge in [-0.25, -0.2) is 8.42 Å². The monoisotopic (exact) mass is 446 g/mol. The van der Waals surface area contributed by atoms with Gasteiger partial charge in [0.1, 0.15) is 0 Å². The fourth-order valence-corrected chi connectivity index (χ4v) is 4.08. The van der Waals surface area contributed by atoms with Crippen LogP contribution in [-0.4, -0.2) is 14.3 Å². The quantitative estimate of drug-likeness (QED) is 0.744. The Labute approximate surface area is 145 Å². The molecule has 0 unspecified atom stereocenters. The first-order valence-electron chi connectivity index (χ1n) is 6.13. The molecule has 0 atom stereocenters. The van der Waals surface area contributed by atoms with E-state index < -0.39 is 10.0 Å². The van der Waals surface area contributed by atoms with Crippen molar-refractivity contribution in [2.24, 2.45) is 0 Å². The normalized spacial score (nSPS) is 11.0. The lowest BCUT2D eigenvalue weighted by molar-refractivity contribution is -0.114. The van der Waals surface area contributed by atoms with E-state index in [-0.39, 0.29) is 10.8 Å². The third-order valence-electron chi connectivity index (χ3n) is 2.60. The summed E-state index contributed by atoms with van der Waals surface area (Å²) in [6.45, 7) is 1.39. The second-order valence-electron chi connectivity index (χ2n) is 4.47. The van der Waals surface area contributed by atoms with E-state index in [2.05, 4.69) is 41.9 Å². The Balaban J connectivity index is 2.24. The van der Waals surface area contributed by atoms with Gasteiger partial charge in [-0.1, -0.05) is 31.9 Å². The van der Waals surface area contributed by atoms with Crippen molar-refractivity contribution in [1.82, 2.24) is 0 Å². The molecule has 2 aromatic rings. The predicted octanol–water partition coefficient (Wildman–Crippen LogP) is 3.97. The molecule has 0 aliphatic carbocycles. The molecule has 5 nitrogen and oxygen atoms in total. The van der Waals surface area contributed by atoms with Gasteiger partial charge in [0.05, 0.1) is 10.6 Å². The number of nitrogens with one attached hydrogen (secondary N) is 2. The van der Waals surface area contributed by atoms with Crippen LogP contribution in [-0.2, 0) is 14.8 Å². The first kappa shape index (κ1) is 17.0. The van der Waals surface area contributed by atoms with Gasteiger partial charge in [-0.3, -0.25) is 9.52 Å². The van der Waals surface area contributed by atoms with Crippen molar-refractivity contribution < 1.29 is 13.2 Å². The first-order valence-corrected chi connectivity index (χ1v) is 9.20. The third-order valence-corrected chi connectivity index (χ3v) is 4.91. The van der Waals surface area contributed by atoms with E-state index in [0.717, 1.165) is 8.95 Å². The van der Waals surface area contributed by atoms with Gasteiger partial charge in [0, 0.05) is 21.6 Å². The molecule has 0 heterocycles. The van der Waals surface area contributed by atoms with E-state index in [1.807, 2.05) is 0 Å². The minimum absolute atomic E-state index is 0.109. The number of rotatable bonds is 4. The van der Waals surface area contributed by atoms with Crippen molar-refractivity contribution >= 4 is 59.2 Å². The number of hydrogen-bond acceptors (Lipinski definition) is 3. The molecule has 8 heteroatoms. The molecular weight excluding hydrogens is 436 g/mol. The lowest BCUT2D eigenvalue weighted by Gasteiger charge is -2.10. The van der Waals surface area contributed by atoms with Crippen LogP contribution < -0.4 is 10.0 Å². The maximum atomic E-state index is 12.3. The average molecular weight is 448 g/mol. The number of benzene rings is 2. The summed E-state index contributed by atoms with van der Waals surface area (Å²) in [5, 5.41) is 2.58. The summed E-state index contributed by atoms with van der Waals surface area (Å²) >= 11 is 6.61. The van der Waals surface area contributed by atoms with Gasteiger partial charge in [-0.05, 0) is 42.5 Å². The molecule has 1 amide bonds. The van der Waals surface area contributed by atoms with Gasteiger partial charge in [0.2, 0.25) is 5.91 Å². The summed E-state index contributed by atoms with van der Waals surface area (Å²) in [4.78, 5) is 11.1. The maximum absolute atomic E-state index is 12.3. The second-order valence-corrected chi connectivity index (χ2v) is 7.98. The van der Waals surface area contributed by atoms with E-state index in [9.17, 15) is 13.2 Å². The third kappa shape index (κ3) is 4.56. The van der Waals surface area contributed by atoms with Crippen molar-refractivity contribution in [3.05, 3.63) is 51.4 Å². The molecule has 2 rings (SSSR count). The summed E-state index contributed by atoms with van der Waals surface area (Å²) < 4.78 is 28.7. The number of carbonyl (C=O) groups is 1. The van der Waals surface area contributed by atoms with Crippen LogP contribution in [0.1, 0.15) is 6.92 Å². The zero-order valence-corrected chi connectivity index (χ0v) is 15.4. The van der Waals surface area contributed by atoms with E-state index in [0.29, 0.717) is 11.4 Å². The van der Waals surface area contributed by atoms with E-state index in [1.54, 1.807) is 18.2 Å². The fraction of sp³-hybridized carbons (Fsp3) is 0.0714. The molecule has 116 valence electrons. The second kappa shape index (κ2) is 6.80. The Hall–Kier alpha value is -1.38. The highest BCUT2D eigenvalue weighted by Gasteiger charge is 2.14. The van der Waals surface area contributed by atoms with E-state index >= 15 is 0 Å². The van der Waals surface area contributed by atoms with Crippen LogP contribution in [0.4, 0.5) is 11.4 Å². The van der Waals surface area contributed by atoms with Crippen LogP contribution in [0.25, 0.3) is 0 Å². The number of halogens is 2. The molecule has 22 heavy (non-hydrogen) atoms. The van der Waals surface area contributed by atoms with Crippen molar-refractivity contribution in [2.75, 3.05) is 10.0 Å². The van der Waals surface area contributed by atoms with Crippen LogP contribution in [0.2, 0.25) is 0 Å². The largest absolute Gasteiger partial charge is 0.326 e. The van der Waals surface area contributed by atoms with Gasteiger partial charge in [-0.15, -0.1) is 0 Å². The Morgan fingerprint density at radius 3 is 2.00 bits per heavy atom. The highest BCUT2D eigenvalue weighted by molar-refractivity contribution is 9.11. The number of carbonyl (C=O) groups excluding carboxylic acids is 1. The fourth-order valence-electron chi connectivity index (χ4n) is 1.75. The summed E-state index contributed by atoms with van der Waals surface area (Å²) in [5.41, 5.74) is 0.976. The van der Waals surface area contributed by atoms with Gasteiger partial charge in [0.25, 0.3) is 10.0 Å². The topological polar surface area (TPSA) is 75.3 Å². The standard InChI is InChI=1S/C14H12Br2N2O3S/c1-9(19)17-12-2-4-14(5-3-12)22(20,21)18-13-7-10(15)6-11(16)8-13/h2-8,18H,1H3,(H,17,19). The molecule has 0 saturated heterocycles. The van der Waals surface area contributed by atoms with Crippen LogP contribution >= 0.6 is 31.9 Å². The lowest BCUT2D eigenvalue weighted by Crippen LogP contribution is -2.13. The SMILES string of the molecule is CC(=O)Nc1ccc(S(=O)(=O)Nc2cc(Br)cc(Br)c2)cc1. The van der Waals surface area contributed by atoms with Gasteiger partial charge < -0.3 is 5.32 Å². The molecule has 0 spiro atoms. The average Bonchev–Trinajstić information content (AvgIpc) is 2.36. The number of sulfonamides is 1. The molecule has 2 N–H and O–H groups in total. The molecule has 0 saturated carbocycles. The summed E-state index contributed by atoms with van der Waals surface area (Å²) in [6, 6.07) is 11.1. The zero-order valence-electron chi connectivity index (χ0n) is 11.4. The molecule has 2 aromatic carbocycles. The first-order chi connectivity index (χ1) is 10.3. The zero-order chi connectivity index (χ0) is 16.3.